The van der Waals surface area contributed by atoms with Gasteiger partial charge in [-0.05, 0) is 31.4 Å². The Hall–Kier alpha value is -2.66. The van der Waals surface area contributed by atoms with Crippen molar-refractivity contribution >= 4 is 34.5 Å². The Morgan fingerprint density at radius 3 is 2.88 bits per heavy atom. The summed E-state index contributed by atoms with van der Waals surface area (Å²) in [5, 5.41) is 6.99. The Kier molecular flexibility index (Phi) is 4.62. The molecule has 0 aliphatic heterocycles. The smallest absolute Gasteiger partial charge is 0.332 e. The van der Waals surface area contributed by atoms with Crippen LogP contribution in [0.3, 0.4) is 0 Å². The number of esters is 1. The zero-order valence-electron chi connectivity index (χ0n) is 13.3. The molecule has 3 aromatic rings. The molecule has 0 fully saturated rings. The number of rotatable bonds is 4. The second-order valence-electron chi connectivity index (χ2n) is 5.53. The van der Waals surface area contributed by atoms with Crippen LogP contribution in [0.4, 0.5) is 0 Å². The molecule has 0 unspecified atom stereocenters. The summed E-state index contributed by atoms with van der Waals surface area (Å²) in [7, 11) is 0. The normalized spacial score (nSPS) is 11.5. The van der Waals surface area contributed by atoms with Gasteiger partial charge in [0.2, 0.25) is 0 Å². The van der Waals surface area contributed by atoms with E-state index >= 15 is 0 Å². The van der Waals surface area contributed by atoms with E-state index in [0.717, 1.165) is 16.3 Å². The summed E-state index contributed by atoms with van der Waals surface area (Å²) in [5.41, 5.74) is 0.815. The van der Waals surface area contributed by atoms with Gasteiger partial charge in [-0.3, -0.25) is 0 Å². The van der Waals surface area contributed by atoms with Crippen LogP contribution in [0, 0.1) is 0 Å². The molecule has 0 aliphatic rings. The molecule has 0 atom stereocenters. The van der Waals surface area contributed by atoms with E-state index in [0.29, 0.717) is 10.8 Å². The zero-order valence-corrected chi connectivity index (χ0v) is 14.1. The maximum Gasteiger partial charge on any atom is 0.332 e. The van der Waals surface area contributed by atoms with E-state index < -0.39 is 5.97 Å². The molecule has 0 saturated heterocycles. The first-order valence-electron chi connectivity index (χ1n) is 7.51. The number of halogens is 1. The average molecular weight is 342 g/mol. The summed E-state index contributed by atoms with van der Waals surface area (Å²) in [5.74, 6) is 0.111. The first-order chi connectivity index (χ1) is 11.5. The Bertz CT molecular complexity index is 916. The van der Waals surface area contributed by atoms with Crippen molar-refractivity contribution < 1.29 is 9.53 Å². The van der Waals surface area contributed by atoms with Crippen LogP contribution in [0.2, 0.25) is 5.02 Å². The zero-order chi connectivity index (χ0) is 17.1. The van der Waals surface area contributed by atoms with E-state index in [1.165, 1.54) is 23.3 Å². The van der Waals surface area contributed by atoms with Gasteiger partial charge >= 0.3 is 5.97 Å². The molecule has 6 heteroatoms. The van der Waals surface area contributed by atoms with Gasteiger partial charge in [0.25, 0.3) is 0 Å². The van der Waals surface area contributed by atoms with Gasteiger partial charge in [0, 0.05) is 28.2 Å². The first-order valence-corrected chi connectivity index (χ1v) is 7.89. The third-order valence-corrected chi connectivity index (χ3v) is 3.61. The number of hydrogen-bond donors (Lipinski definition) is 0. The SMILES string of the molecule is CC(C)OC(=O)/C=C\n1cnc(-c2cc(Cl)c3ccccc3c2)n1. The molecule has 0 N–H and O–H groups in total. The highest BCUT2D eigenvalue weighted by Gasteiger charge is 2.08. The topological polar surface area (TPSA) is 57.0 Å². The van der Waals surface area contributed by atoms with Crippen molar-refractivity contribution in [1.29, 1.82) is 0 Å². The minimum absolute atomic E-state index is 0.159. The molecule has 5 nitrogen and oxygen atoms in total. The second-order valence-corrected chi connectivity index (χ2v) is 5.94. The number of nitrogens with zero attached hydrogens (tertiary/aromatic N) is 3. The molecule has 1 heterocycles. The lowest BCUT2D eigenvalue weighted by Crippen LogP contribution is -2.08. The van der Waals surface area contributed by atoms with Crippen LogP contribution in [0.1, 0.15) is 13.8 Å². The molecular formula is C18H16ClN3O2. The van der Waals surface area contributed by atoms with Crippen LogP contribution in [0.15, 0.2) is 48.8 Å². The molecule has 2 aromatic carbocycles. The fourth-order valence-electron chi connectivity index (χ4n) is 2.28. The first kappa shape index (κ1) is 16.2. The molecule has 3 rings (SSSR count). The van der Waals surface area contributed by atoms with E-state index in [4.69, 9.17) is 16.3 Å². The Morgan fingerprint density at radius 1 is 1.29 bits per heavy atom. The Balaban J connectivity index is 1.86. The van der Waals surface area contributed by atoms with Crippen LogP contribution < -0.4 is 0 Å². The number of carbonyl (C=O) groups is 1. The lowest BCUT2D eigenvalue weighted by Gasteiger charge is -2.03. The highest BCUT2D eigenvalue weighted by Crippen LogP contribution is 2.29. The minimum Gasteiger partial charge on any atom is -0.460 e. The number of hydrogen-bond acceptors (Lipinski definition) is 4. The summed E-state index contributed by atoms with van der Waals surface area (Å²) in [6.07, 6.45) is 4.18. The third kappa shape index (κ3) is 3.63. The van der Waals surface area contributed by atoms with Gasteiger partial charge in [0.15, 0.2) is 5.82 Å². The van der Waals surface area contributed by atoms with Crippen molar-refractivity contribution in [1.82, 2.24) is 14.8 Å². The van der Waals surface area contributed by atoms with Crippen molar-refractivity contribution in [3.05, 3.63) is 53.8 Å². The summed E-state index contributed by atoms with van der Waals surface area (Å²) in [4.78, 5) is 15.8. The van der Waals surface area contributed by atoms with E-state index in [-0.39, 0.29) is 6.10 Å². The van der Waals surface area contributed by atoms with E-state index in [2.05, 4.69) is 10.1 Å². The van der Waals surface area contributed by atoms with E-state index in [1.807, 2.05) is 36.4 Å². The number of benzene rings is 2. The Labute approximate surface area is 144 Å². The van der Waals surface area contributed by atoms with Gasteiger partial charge in [0.1, 0.15) is 6.33 Å². The van der Waals surface area contributed by atoms with Crippen LogP contribution in [0.5, 0.6) is 0 Å². The van der Waals surface area contributed by atoms with Gasteiger partial charge in [-0.1, -0.05) is 35.9 Å². The van der Waals surface area contributed by atoms with Gasteiger partial charge in [-0.25, -0.2) is 14.5 Å². The molecule has 0 radical (unpaired) electrons. The summed E-state index contributed by atoms with van der Waals surface area (Å²) < 4.78 is 6.48. The number of carbonyl (C=O) groups excluding carboxylic acids is 1. The van der Waals surface area contributed by atoms with E-state index in [1.54, 1.807) is 13.8 Å². The van der Waals surface area contributed by atoms with Crippen LogP contribution in [0.25, 0.3) is 28.4 Å². The molecule has 1 aromatic heterocycles. The van der Waals surface area contributed by atoms with Crippen molar-refractivity contribution in [3.8, 4) is 11.4 Å². The van der Waals surface area contributed by atoms with Gasteiger partial charge in [0.05, 0.1) is 6.10 Å². The maximum atomic E-state index is 11.5. The molecule has 0 saturated carbocycles. The molecule has 122 valence electrons. The highest BCUT2D eigenvalue weighted by atomic mass is 35.5. The summed E-state index contributed by atoms with van der Waals surface area (Å²) in [6, 6.07) is 11.7. The lowest BCUT2D eigenvalue weighted by atomic mass is 10.1. The average Bonchev–Trinajstić information content (AvgIpc) is 3.01. The number of fused-ring (bicyclic) bond motifs is 1. The quantitative estimate of drug-likeness (QED) is 0.528. The molecular weight excluding hydrogens is 326 g/mol. The summed E-state index contributed by atoms with van der Waals surface area (Å²) in [6.45, 7) is 3.59. The maximum absolute atomic E-state index is 11.5. The van der Waals surface area contributed by atoms with Gasteiger partial charge in [-0.15, -0.1) is 5.10 Å². The fraction of sp³-hybridized carbons (Fsp3) is 0.167. The van der Waals surface area contributed by atoms with Crippen molar-refractivity contribution in [3.63, 3.8) is 0 Å². The molecule has 24 heavy (non-hydrogen) atoms. The standard InChI is InChI=1S/C18H16ClN3O2/c1-12(2)24-17(23)7-8-22-11-20-18(21-22)14-9-13-5-3-4-6-15(13)16(19)10-14/h3-12H,1-2H3/b8-7-. The predicted molar refractivity (Wildman–Crippen MR) is 94.5 cm³/mol. The minimum atomic E-state index is -0.421. The molecule has 0 bridgehead atoms. The van der Waals surface area contributed by atoms with Crippen molar-refractivity contribution in [2.45, 2.75) is 20.0 Å². The molecule has 0 spiro atoms. The van der Waals surface area contributed by atoms with E-state index in [9.17, 15) is 4.79 Å². The highest BCUT2D eigenvalue weighted by molar-refractivity contribution is 6.35. The van der Waals surface area contributed by atoms with Crippen LogP contribution in [-0.4, -0.2) is 26.8 Å². The lowest BCUT2D eigenvalue weighted by molar-refractivity contribution is -0.141. The van der Waals surface area contributed by atoms with Crippen molar-refractivity contribution in [2.24, 2.45) is 0 Å². The van der Waals surface area contributed by atoms with Crippen LogP contribution in [-0.2, 0) is 9.53 Å². The molecule has 0 aliphatic carbocycles. The predicted octanol–water partition coefficient (Wildman–Crippen LogP) is 4.17. The summed E-state index contributed by atoms with van der Waals surface area (Å²) >= 11 is 6.33. The van der Waals surface area contributed by atoms with Crippen molar-refractivity contribution in [2.75, 3.05) is 0 Å². The van der Waals surface area contributed by atoms with Gasteiger partial charge in [-0.2, -0.15) is 0 Å². The fourth-order valence-corrected chi connectivity index (χ4v) is 2.57. The Morgan fingerprint density at radius 2 is 2.08 bits per heavy atom. The third-order valence-electron chi connectivity index (χ3n) is 3.29. The second kappa shape index (κ2) is 6.84. The number of aromatic nitrogens is 3. The number of ether oxygens (including phenoxy) is 1. The molecule has 0 amide bonds. The van der Waals surface area contributed by atoms with Crippen LogP contribution >= 0.6 is 11.6 Å². The van der Waals surface area contributed by atoms with Gasteiger partial charge < -0.3 is 4.74 Å². The largest absolute Gasteiger partial charge is 0.460 e. The monoisotopic (exact) mass is 341 g/mol.